The summed E-state index contributed by atoms with van der Waals surface area (Å²) in [4.78, 5) is 10.6. The van der Waals surface area contributed by atoms with E-state index in [1.54, 1.807) is 0 Å². The van der Waals surface area contributed by atoms with E-state index in [0.717, 1.165) is 11.1 Å². The Morgan fingerprint density at radius 3 is 2.60 bits per heavy atom. The molecule has 0 aromatic heterocycles. The molecule has 0 saturated carbocycles. The van der Waals surface area contributed by atoms with Gasteiger partial charge in [0.05, 0.1) is 0 Å². The van der Waals surface area contributed by atoms with E-state index in [4.69, 9.17) is 11.6 Å². The monoisotopic (exact) mass is 220 g/mol. The molecule has 0 N–H and O–H groups in total. The molecule has 0 heterocycles. The van der Waals surface area contributed by atoms with Crippen LogP contribution in [0.15, 0.2) is 42.0 Å². The second-order valence-electron chi connectivity index (χ2n) is 3.38. The van der Waals surface area contributed by atoms with Gasteiger partial charge < -0.3 is 0 Å². The highest BCUT2D eigenvalue weighted by atomic mass is 35.5. The lowest BCUT2D eigenvalue weighted by molar-refractivity contribution is -0.107. The minimum Gasteiger partial charge on any atom is -0.276 e. The summed E-state index contributed by atoms with van der Waals surface area (Å²) in [5.41, 5.74) is 3.20. The quantitative estimate of drug-likeness (QED) is 0.431. The topological polar surface area (TPSA) is 17.1 Å². The number of aryl methyl sites for hydroxylation is 1. The van der Waals surface area contributed by atoms with Gasteiger partial charge in [-0.2, -0.15) is 0 Å². The molecule has 0 spiro atoms. The summed E-state index contributed by atoms with van der Waals surface area (Å²) < 4.78 is 0. The van der Waals surface area contributed by atoms with Crippen LogP contribution in [-0.4, -0.2) is 5.24 Å². The van der Waals surface area contributed by atoms with Gasteiger partial charge in [-0.15, -0.1) is 0 Å². The lowest BCUT2D eigenvalue weighted by atomic mass is 10.1. The number of carbonyl (C=O) groups excluding carboxylic acids is 1. The van der Waals surface area contributed by atoms with Gasteiger partial charge >= 0.3 is 0 Å². The lowest BCUT2D eigenvalue weighted by Gasteiger charge is -1.98. The highest BCUT2D eigenvalue weighted by molar-refractivity contribution is 6.66. The van der Waals surface area contributed by atoms with Crippen molar-refractivity contribution in [3.8, 4) is 0 Å². The van der Waals surface area contributed by atoms with E-state index in [1.165, 1.54) is 11.6 Å². The maximum absolute atomic E-state index is 10.6. The first-order chi connectivity index (χ1) is 7.09. The Morgan fingerprint density at radius 2 is 2.00 bits per heavy atom. The second-order valence-corrected chi connectivity index (χ2v) is 3.75. The number of benzene rings is 1. The second kappa shape index (κ2) is 5.52. The molecule has 1 aromatic carbocycles. The maximum atomic E-state index is 10.6. The van der Waals surface area contributed by atoms with Crippen molar-refractivity contribution in [1.82, 2.24) is 0 Å². The van der Waals surface area contributed by atoms with Crippen LogP contribution in [0.25, 0.3) is 6.08 Å². The van der Waals surface area contributed by atoms with Crippen LogP contribution in [0.5, 0.6) is 0 Å². The van der Waals surface area contributed by atoms with E-state index in [1.807, 2.05) is 50.3 Å². The third-order valence-corrected chi connectivity index (χ3v) is 2.16. The molecule has 0 unspecified atom stereocenters. The van der Waals surface area contributed by atoms with E-state index in [2.05, 4.69) is 0 Å². The molecule has 0 fully saturated rings. The molecular formula is C13H13ClO. The van der Waals surface area contributed by atoms with Crippen LogP contribution in [0.1, 0.15) is 18.1 Å². The normalized spacial score (nSPS) is 12.1. The fraction of sp³-hybridized carbons (Fsp3) is 0.154. The zero-order valence-electron chi connectivity index (χ0n) is 8.83. The van der Waals surface area contributed by atoms with Crippen LogP contribution in [0.3, 0.4) is 0 Å². The van der Waals surface area contributed by atoms with Gasteiger partial charge in [0.25, 0.3) is 0 Å². The van der Waals surface area contributed by atoms with Crippen LogP contribution in [0.2, 0.25) is 0 Å². The highest BCUT2D eigenvalue weighted by Crippen LogP contribution is 2.10. The first kappa shape index (κ1) is 11.7. The van der Waals surface area contributed by atoms with Crippen LogP contribution in [0.4, 0.5) is 0 Å². The lowest BCUT2D eigenvalue weighted by Crippen LogP contribution is -1.81. The average Bonchev–Trinajstić information content (AvgIpc) is 2.15. The molecule has 0 saturated heterocycles. The van der Waals surface area contributed by atoms with Crippen molar-refractivity contribution >= 4 is 22.9 Å². The SMILES string of the molecule is CC(C=Cc1ccccc1C)=CC(=O)Cl. The zero-order valence-corrected chi connectivity index (χ0v) is 9.58. The van der Waals surface area contributed by atoms with Crippen LogP contribution in [0, 0.1) is 6.92 Å². The fourth-order valence-corrected chi connectivity index (χ4v) is 1.39. The third kappa shape index (κ3) is 4.13. The summed E-state index contributed by atoms with van der Waals surface area (Å²) >= 11 is 5.24. The van der Waals surface area contributed by atoms with Crippen molar-refractivity contribution in [2.75, 3.05) is 0 Å². The summed E-state index contributed by atoms with van der Waals surface area (Å²) in [5.74, 6) is 0. The van der Waals surface area contributed by atoms with Gasteiger partial charge in [-0.25, -0.2) is 0 Å². The molecule has 1 nitrogen and oxygen atoms in total. The first-order valence-corrected chi connectivity index (χ1v) is 5.09. The molecule has 0 aliphatic carbocycles. The van der Waals surface area contributed by atoms with E-state index in [-0.39, 0.29) is 0 Å². The maximum Gasteiger partial charge on any atom is 0.245 e. The molecule has 0 amide bonds. The van der Waals surface area contributed by atoms with Crippen molar-refractivity contribution in [1.29, 1.82) is 0 Å². The van der Waals surface area contributed by atoms with Crippen molar-refractivity contribution in [3.05, 3.63) is 53.1 Å². The van der Waals surface area contributed by atoms with E-state index < -0.39 is 5.24 Å². The largest absolute Gasteiger partial charge is 0.276 e. The Morgan fingerprint density at radius 1 is 1.33 bits per heavy atom. The van der Waals surface area contributed by atoms with Crippen LogP contribution in [-0.2, 0) is 4.79 Å². The highest BCUT2D eigenvalue weighted by Gasteiger charge is 1.92. The molecule has 2 heteroatoms. The van der Waals surface area contributed by atoms with Gasteiger partial charge in [-0.05, 0) is 42.1 Å². The number of allylic oxidation sites excluding steroid dienone is 3. The van der Waals surface area contributed by atoms with Gasteiger partial charge in [-0.1, -0.05) is 36.4 Å². The Bertz CT molecular complexity index is 416. The molecule has 1 rings (SSSR count). The molecule has 0 bridgehead atoms. The van der Waals surface area contributed by atoms with Gasteiger partial charge in [0, 0.05) is 6.08 Å². The summed E-state index contributed by atoms with van der Waals surface area (Å²) in [6.07, 6.45) is 5.25. The van der Waals surface area contributed by atoms with Crippen molar-refractivity contribution < 1.29 is 4.79 Å². The van der Waals surface area contributed by atoms with E-state index >= 15 is 0 Å². The van der Waals surface area contributed by atoms with Crippen LogP contribution < -0.4 is 0 Å². The number of halogens is 1. The summed E-state index contributed by atoms with van der Waals surface area (Å²) in [7, 11) is 0. The predicted molar refractivity (Wildman–Crippen MR) is 64.8 cm³/mol. The summed E-state index contributed by atoms with van der Waals surface area (Å²) in [6.45, 7) is 3.89. The van der Waals surface area contributed by atoms with Gasteiger partial charge in [0.2, 0.25) is 5.24 Å². The number of carbonyl (C=O) groups is 1. The minimum absolute atomic E-state index is 0.443. The van der Waals surface area contributed by atoms with E-state index in [0.29, 0.717) is 0 Å². The Hall–Kier alpha value is -1.34. The third-order valence-electron chi connectivity index (χ3n) is 2.06. The number of hydrogen-bond acceptors (Lipinski definition) is 1. The molecule has 15 heavy (non-hydrogen) atoms. The minimum atomic E-state index is -0.443. The molecule has 0 aliphatic rings. The number of rotatable bonds is 3. The van der Waals surface area contributed by atoms with Gasteiger partial charge in [-0.3, -0.25) is 4.79 Å². The number of hydrogen-bond donors (Lipinski definition) is 0. The molecule has 1 aromatic rings. The molecule has 0 aliphatic heterocycles. The molecule has 78 valence electrons. The molecule has 0 radical (unpaired) electrons. The van der Waals surface area contributed by atoms with Crippen molar-refractivity contribution in [2.45, 2.75) is 13.8 Å². The Kier molecular flexibility index (Phi) is 4.32. The summed E-state index contributed by atoms with van der Waals surface area (Å²) in [5, 5.41) is -0.443. The molecular weight excluding hydrogens is 208 g/mol. The van der Waals surface area contributed by atoms with Crippen molar-refractivity contribution in [2.24, 2.45) is 0 Å². The smallest absolute Gasteiger partial charge is 0.245 e. The fourth-order valence-electron chi connectivity index (χ4n) is 1.22. The zero-order chi connectivity index (χ0) is 11.3. The van der Waals surface area contributed by atoms with Crippen LogP contribution >= 0.6 is 11.6 Å². The standard InChI is InChI=1S/C13H13ClO/c1-10(9-13(14)15)7-8-12-6-4-3-5-11(12)2/h3-9H,1-2H3. The van der Waals surface area contributed by atoms with E-state index in [9.17, 15) is 4.79 Å². The van der Waals surface area contributed by atoms with Gasteiger partial charge in [0.15, 0.2) is 0 Å². The van der Waals surface area contributed by atoms with Gasteiger partial charge in [0.1, 0.15) is 0 Å². The van der Waals surface area contributed by atoms with Crippen molar-refractivity contribution in [3.63, 3.8) is 0 Å². The predicted octanol–water partition coefficient (Wildman–Crippen LogP) is 3.72. The summed E-state index contributed by atoms with van der Waals surface area (Å²) in [6, 6.07) is 8.06. The Balaban J connectivity index is 2.83. The average molecular weight is 221 g/mol. The molecule has 0 atom stereocenters. The Labute approximate surface area is 95.1 Å². The first-order valence-electron chi connectivity index (χ1n) is 4.71.